The number of benzene rings is 2. The van der Waals surface area contributed by atoms with E-state index in [9.17, 15) is 0 Å². The molecule has 1 fully saturated rings. The molecule has 0 spiro atoms. The second-order valence-corrected chi connectivity index (χ2v) is 5.98. The van der Waals surface area contributed by atoms with E-state index in [-0.39, 0.29) is 0 Å². The topological polar surface area (TPSA) is 18.3 Å². The van der Waals surface area contributed by atoms with Crippen LogP contribution >= 0.6 is 11.6 Å². The Bertz CT molecular complexity index is 642. The number of anilines is 2. The van der Waals surface area contributed by atoms with Crippen molar-refractivity contribution in [2.75, 3.05) is 30.4 Å². The van der Waals surface area contributed by atoms with Gasteiger partial charge in [0, 0.05) is 5.02 Å². The highest BCUT2D eigenvalue weighted by molar-refractivity contribution is 6.30. The van der Waals surface area contributed by atoms with Gasteiger partial charge in [-0.25, -0.2) is 10.2 Å². The summed E-state index contributed by atoms with van der Waals surface area (Å²) in [5.74, 6) is 1.12. The van der Waals surface area contributed by atoms with Crippen molar-refractivity contribution in [2.24, 2.45) is 0 Å². The first-order valence-corrected chi connectivity index (χ1v) is 8.05. The average molecular weight is 315 g/mol. The molecule has 3 rings (SSSR count). The van der Waals surface area contributed by atoms with Crippen molar-refractivity contribution in [3.8, 4) is 0 Å². The Morgan fingerprint density at radius 1 is 1.00 bits per heavy atom. The monoisotopic (exact) mass is 314 g/mol. The van der Waals surface area contributed by atoms with Crippen LogP contribution in [0.4, 0.5) is 11.4 Å². The van der Waals surface area contributed by atoms with Crippen molar-refractivity contribution in [1.29, 1.82) is 0 Å². The fraction of sp³-hybridized carbons (Fsp3) is 0.278. The molecule has 0 radical (unpaired) electrons. The highest BCUT2D eigenvalue weighted by Gasteiger charge is 2.23. The van der Waals surface area contributed by atoms with Gasteiger partial charge in [0.15, 0.2) is 0 Å². The van der Waals surface area contributed by atoms with E-state index in [0.717, 1.165) is 35.4 Å². The molecular weight excluding hydrogens is 294 g/mol. The van der Waals surface area contributed by atoms with E-state index in [1.54, 1.807) is 0 Å². The molecular formula is C18H21ClN3+. The lowest BCUT2D eigenvalue weighted by Crippen LogP contribution is -2.40. The van der Waals surface area contributed by atoms with Gasteiger partial charge < -0.3 is 0 Å². The summed E-state index contributed by atoms with van der Waals surface area (Å²) in [7, 11) is 2.09. The van der Waals surface area contributed by atoms with Gasteiger partial charge in [-0.2, -0.15) is 0 Å². The summed E-state index contributed by atoms with van der Waals surface area (Å²) in [6.07, 6.45) is 2.49. The van der Waals surface area contributed by atoms with Crippen LogP contribution in [0.25, 0.3) is 0 Å². The molecule has 22 heavy (non-hydrogen) atoms. The van der Waals surface area contributed by atoms with Crippen LogP contribution in [0.3, 0.4) is 0 Å². The largest absolute Gasteiger partial charge is 0.357 e. The van der Waals surface area contributed by atoms with Gasteiger partial charge in [-0.05, 0) is 49.2 Å². The minimum absolute atomic E-state index is 0.760. The maximum Gasteiger partial charge on any atom is 0.357 e. The van der Waals surface area contributed by atoms with E-state index in [2.05, 4.69) is 34.0 Å². The van der Waals surface area contributed by atoms with E-state index < -0.39 is 0 Å². The molecule has 3 nitrogen and oxygen atoms in total. The molecule has 4 heteroatoms. The van der Waals surface area contributed by atoms with Gasteiger partial charge in [-0.15, -0.1) is 0 Å². The summed E-state index contributed by atoms with van der Waals surface area (Å²) >= 11 is 6.00. The van der Waals surface area contributed by atoms with Gasteiger partial charge in [-0.3, -0.25) is 4.58 Å². The molecule has 1 heterocycles. The Kier molecular flexibility index (Phi) is 4.64. The van der Waals surface area contributed by atoms with Crippen LogP contribution in [0, 0.1) is 0 Å². The Hall–Kier alpha value is -2.00. The number of para-hydroxylation sites is 1. The van der Waals surface area contributed by atoms with Crippen molar-refractivity contribution in [3.05, 3.63) is 59.6 Å². The van der Waals surface area contributed by atoms with Crippen LogP contribution in [-0.2, 0) is 0 Å². The lowest BCUT2D eigenvalue weighted by molar-refractivity contribution is -0.507. The molecule has 2 aromatic carbocycles. The van der Waals surface area contributed by atoms with Crippen molar-refractivity contribution in [2.45, 2.75) is 12.8 Å². The van der Waals surface area contributed by atoms with E-state index in [1.165, 1.54) is 12.8 Å². The van der Waals surface area contributed by atoms with Crippen LogP contribution in [0.1, 0.15) is 12.8 Å². The van der Waals surface area contributed by atoms with Crippen molar-refractivity contribution in [3.63, 3.8) is 0 Å². The number of nitrogens with zero attached hydrogens (tertiary/aromatic N) is 2. The van der Waals surface area contributed by atoms with Crippen molar-refractivity contribution >= 4 is 28.9 Å². The van der Waals surface area contributed by atoms with Crippen LogP contribution < -0.4 is 10.2 Å². The summed E-state index contributed by atoms with van der Waals surface area (Å²) in [5.41, 5.74) is 2.22. The van der Waals surface area contributed by atoms with Gasteiger partial charge in [0.05, 0.1) is 25.8 Å². The maximum absolute atomic E-state index is 6.00. The zero-order valence-corrected chi connectivity index (χ0v) is 13.6. The zero-order chi connectivity index (χ0) is 15.4. The molecule has 1 saturated heterocycles. The fourth-order valence-corrected chi connectivity index (χ4v) is 2.87. The van der Waals surface area contributed by atoms with E-state index in [4.69, 9.17) is 11.6 Å². The molecule has 0 unspecified atom stereocenters. The normalized spacial score (nSPS) is 14.0. The summed E-state index contributed by atoms with van der Waals surface area (Å²) in [6.45, 7) is 2.18. The van der Waals surface area contributed by atoms with E-state index >= 15 is 0 Å². The summed E-state index contributed by atoms with van der Waals surface area (Å²) < 4.78 is 2.40. The first-order chi connectivity index (χ1) is 10.7. The third-order valence-corrected chi connectivity index (χ3v) is 4.22. The smallest absolute Gasteiger partial charge is 0.264 e. The Labute approximate surface area is 136 Å². The predicted molar refractivity (Wildman–Crippen MR) is 94.2 cm³/mol. The molecule has 0 atom stereocenters. The quantitative estimate of drug-likeness (QED) is 0.666. The molecule has 0 aliphatic carbocycles. The minimum Gasteiger partial charge on any atom is -0.264 e. The van der Waals surface area contributed by atoms with E-state index in [0.29, 0.717) is 0 Å². The van der Waals surface area contributed by atoms with Crippen molar-refractivity contribution < 1.29 is 4.58 Å². The third kappa shape index (κ3) is 3.42. The maximum atomic E-state index is 6.00. The van der Waals surface area contributed by atoms with Gasteiger partial charge in [0.1, 0.15) is 5.69 Å². The number of halogens is 1. The Morgan fingerprint density at radius 2 is 1.64 bits per heavy atom. The number of guanidine groups is 1. The first-order valence-electron chi connectivity index (χ1n) is 7.67. The van der Waals surface area contributed by atoms with Gasteiger partial charge >= 0.3 is 5.96 Å². The second kappa shape index (κ2) is 6.84. The highest BCUT2D eigenvalue weighted by Crippen LogP contribution is 2.19. The molecule has 0 bridgehead atoms. The van der Waals surface area contributed by atoms with E-state index in [1.807, 2.05) is 42.5 Å². The molecule has 1 N–H and O–H groups in total. The van der Waals surface area contributed by atoms with Crippen molar-refractivity contribution in [1.82, 2.24) is 0 Å². The van der Waals surface area contributed by atoms with Crippen LogP contribution in [0.5, 0.6) is 0 Å². The molecule has 1 aliphatic rings. The van der Waals surface area contributed by atoms with Gasteiger partial charge in [0.25, 0.3) is 0 Å². The zero-order valence-electron chi connectivity index (χ0n) is 12.8. The lowest BCUT2D eigenvalue weighted by Gasteiger charge is -2.18. The molecule has 114 valence electrons. The Balaban J connectivity index is 1.91. The second-order valence-electron chi connectivity index (χ2n) is 5.54. The lowest BCUT2D eigenvalue weighted by atomic mass is 10.3. The minimum atomic E-state index is 0.760. The summed E-state index contributed by atoms with van der Waals surface area (Å²) in [4.78, 5) is 2.19. The number of hydrogen-bond donors (Lipinski definition) is 1. The Morgan fingerprint density at radius 3 is 2.27 bits per heavy atom. The predicted octanol–water partition coefficient (Wildman–Crippen LogP) is 4.05. The van der Waals surface area contributed by atoms with Gasteiger partial charge in [-0.1, -0.05) is 29.8 Å². The number of rotatable bonds is 2. The summed E-state index contributed by atoms with van der Waals surface area (Å²) in [5, 5.41) is 4.33. The summed E-state index contributed by atoms with van der Waals surface area (Å²) in [6, 6.07) is 18.3. The van der Waals surface area contributed by atoms with Gasteiger partial charge in [0.2, 0.25) is 0 Å². The number of hydrogen-bond acceptors (Lipinski definition) is 0. The SMILES string of the molecule is CN(C(Nc1ccccc1)=[N+]1CCCC1)c1ccc(Cl)cc1. The third-order valence-electron chi connectivity index (χ3n) is 3.97. The average Bonchev–Trinajstić information content (AvgIpc) is 3.08. The van der Waals surface area contributed by atoms with Crippen LogP contribution in [-0.4, -0.2) is 30.7 Å². The first kappa shape index (κ1) is 14.9. The van der Waals surface area contributed by atoms with Crippen LogP contribution in [0.2, 0.25) is 5.02 Å². The van der Waals surface area contributed by atoms with Crippen LogP contribution in [0.15, 0.2) is 54.6 Å². The fourth-order valence-electron chi connectivity index (χ4n) is 2.74. The molecule has 1 aliphatic heterocycles. The number of nitrogens with one attached hydrogen (secondary N) is 1. The molecule has 0 amide bonds. The highest BCUT2D eigenvalue weighted by atomic mass is 35.5. The standard InChI is InChI=1S/C18H20ClN3/c1-21(17-11-9-15(19)10-12-17)18(22-13-5-6-14-22)20-16-7-3-2-4-8-16/h2-4,7-12H,5-6,13-14H2,1H3/p+1. The molecule has 0 saturated carbocycles. The molecule has 2 aromatic rings. The molecule has 0 aromatic heterocycles.